The molecule has 3 heterocycles. The molecule has 0 spiro atoms. The number of nitrogens with one attached hydrogen (secondary N) is 1. The van der Waals surface area contributed by atoms with Crippen LogP contribution in [0.15, 0.2) is 71.4 Å². The van der Waals surface area contributed by atoms with Crippen LogP contribution in [0.4, 0.5) is 0 Å². The number of aromatic nitrogens is 4. The summed E-state index contributed by atoms with van der Waals surface area (Å²) >= 11 is 0. The lowest BCUT2D eigenvalue weighted by Gasteiger charge is -2.20. The molecule has 31 heavy (non-hydrogen) atoms. The minimum Gasteiger partial charge on any atom is -0.341 e. The van der Waals surface area contributed by atoms with Crippen molar-refractivity contribution in [3.63, 3.8) is 0 Å². The zero-order valence-corrected chi connectivity index (χ0v) is 17.4. The van der Waals surface area contributed by atoms with Crippen molar-refractivity contribution < 1.29 is 4.52 Å². The van der Waals surface area contributed by atoms with Gasteiger partial charge in [-0.05, 0) is 31.6 Å². The predicted molar refractivity (Wildman–Crippen MR) is 119 cm³/mol. The Bertz CT molecular complexity index is 1000. The van der Waals surface area contributed by atoms with Crippen LogP contribution in [0.3, 0.4) is 0 Å². The Hall–Kier alpha value is -3.29. The Morgan fingerprint density at radius 1 is 0.806 bits per heavy atom. The quantitative estimate of drug-likeness (QED) is 0.517. The van der Waals surface area contributed by atoms with E-state index in [0.717, 1.165) is 67.6 Å². The lowest BCUT2D eigenvalue weighted by atomic mass is 10.2. The van der Waals surface area contributed by atoms with Crippen molar-refractivity contribution in [2.75, 3.05) is 26.2 Å². The van der Waals surface area contributed by atoms with E-state index >= 15 is 0 Å². The number of imidazole rings is 1. The predicted octanol–water partition coefficient (Wildman–Crippen LogP) is 3.83. The Labute approximate surface area is 181 Å². The number of hydrogen-bond acceptors (Lipinski definition) is 6. The first-order valence-corrected chi connectivity index (χ1v) is 10.8. The molecule has 0 radical (unpaired) electrons. The van der Waals surface area contributed by atoms with Crippen molar-refractivity contribution >= 4 is 0 Å². The molecule has 1 saturated heterocycles. The Morgan fingerprint density at radius 3 is 2.23 bits per heavy atom. The fourth-order valence-electron chi connectivity index (χ4n) is 3.98. The van der Waals surface area contributed by atoms with E-state index in [0.29, 0.717) is 12.4 Å². The number of aromatic amines is 1. The number of H-pyrrole nitrogens is 1. The summed E-state index contributed by atoms with van der Waals surface area (Å²) in [6, 6.07) is 20.2. The van der Waals surface area contributed by atoms with Crippen LogP contribution in [0.5, 0.6) is 0 Å². The summed E-state index contributed by atoms with van der Waals surface area (Å²) in [5.41, 5.74) is 3.22. The van der Waals surface area contributed by atoms with Gasteiger partial charge in [0.25, 0.3) is 5.89 Å². The number of benzene rings is 2. The molecule has 0 amide bonds. The van der Waals surface area contributed by atoms with E-state index in [1.807, 2.05) is 54.7 Å². The van der Waals surface area contributed by atoms with Crippen LogP contribution in [0.2, 0.25) is 0 Å². The zero-order chi connectivity index (χ0) is 20.9. The van der Waals surface area contributed by atoms with Gasteiger partial charge in [0.2, 0.25) is 0 Å². The molecular weight excluding hydrogens is 388 g/mol. The molecule has 1 N–H and O–H groups in total. The highest BCUT2D eigenvalue weighted by Crippen LogP contribution is 2.18. The molecule has 2 aromatic carbocycles. The van der Waals surface area contributed by atoms with E-state index in [1.54, 1.807) is 0 Å². The van der Waals surface area contributed by atoms with Gasteiger partial charge >= 0.3 is 0 Å². The zero-order valence-electron chi connectivity index (χ0n) is 17.4. The summed E-state index contributed by atoms with van der Waals surface area (Å²) in [6.07, 6.45) is 3.07. The van der Waals surface area contributed by atoms with Gasteiger partial charge in [0.1, 0.15) is 5.82 Å². The van der Waals surface area contributed by atoms with Crippen LogP contribution >= 0.6 is 0 Å². The lowest BCUT2D eigenvalue weighted by Crippen LogP contribution is -2.30. The van der Waals surface area contributed by atoms with Gasteiger partial charge in [0.15, 0.2) is 5.82 Å². The van der Waals surface area contributed by atoms with Crippen molar-refractivity contribution in [1.82, 2.24) is 29.9 Å². The molecule has 158 valence electrons. The Morgan fingerprint density at radius 2 is 1.48 bits per heavy atom. The number of hydrogen-bond donors (Lipinski definition) is 1. The molecule has 7 heteroatoms. The molecule has 4 aromatic rings. The molecule has 0 unspecified atom stereocenters. The Kier molecular flexibility index (Phi) is 5.86. The molecule has 0 bridgehead atoms. The molecule has 0 aliphatic carbocycles. The topological polar surface area (TPSA) is 74.1 Å². The molecular formula is C24H26N6O. The summed E-state index contributed by atoms with van der Waals surface area (Å²) in [4.78, 5) is 17.5. The third-order valence-electron chi connectivity index (χ3n) is 5.60. The van der Waals surface area contributed by atoms with E-state index < -0.39 is 0 Å². The highest BCUT2D eigenvalue weighted by molar-refractivity contribution is 5.54. The van der Waals surface area contributed by atoms with Crippen LogP contribution < -0.4 is 0 Å². The Balaban J connectivity index is 1.16. The lowest BCUT2D eigenvalue weighted by molar-refractivity contribution is 0.240. The third kappa shape index (κ3) is 4.90. The van der Waals surface area contributed by atoms with Crippen LogP contribution in [0.25, 0.3) is 22.8 Å². The molecule has 1 fully saturated rings. The summed E-state index contributed by atoms with van der Waals surface area (Å²) < 4.78 is 5.45. The standard InChI is InChI=1S/C24H26N6O/c1-3-8-19(9-4-1)23-25-16-21(26-23)17-29-12-7-13-30(15-14-29)18-22-27-24(31-28-22)20-10-5-2-6-11-20/h1-6,8-11,16H,7,12-15,17-18H2,(H,25,26). The van der Waals surface area contributed by atoms with Crippen LogP contribution in [0, 0.1) is 0 Å². The molecule has 0 atom stereocenters. The second-order valence-corrected chi connectivity index (χ2v) is 7.91. The number of rotatable bonds is 6. The molecule has 2 aromatic heterocycles. The SMILES string of the molecule is c1ccc(-c2ncc(CN3CCCN(Cc4noc(-c5ccccc5)n4)CC3)[nH]2)cc1. The van der Waals surface area contributed by atoms with Gasteiger partial charge in [-0.3, -0.25) is 9.80 Å². The van der Waals surface area contributed by atoms with Crippen molar-refractivity contribution in [1.29, 1.82) is 0 Å². The second kappa shape index (κ2) is 9.24. The first-order chi connectivity index (χ1) is 15.3. The third-order valence-corrected chi connectivity index (χ3v) is 5.60. The highest BCUT2D eigenvalue weighted by Gasteiger charge is 2.18. The van der Waals surface area contributed by atoms with Crippen molar-refractivity contribution in [2.24, 2.45) is 0 Å². The van der Waals surface area contributed by atoms with Crippen LogP contribution in [-0.2, 0) is 13.1 Å². The molecule has 7 nitrogen and oxygen atoms in total. The van der Waals surface area contributed by atoms with E-state index in [2.05, 4.69) is 42.0 Å². The summed E-state index contributed by atoms with van der Waals surface area (Å²) in [5, 5.41) is 4.18. The first-order valence-electron chi connectivity index (χ1n) is 10.8. The van der Waals surface area contributed by atoms with Crippen LogP contribution in [0.1, 0.15) is 17.9 Å². The maximum absolute atomic E-state index is 5.45. The second-order valence-electron chi connectivity index (χ2n) is 7.91. The summed E-state index contributed by atoms with van der Waals surface area (Å²) in [6.45, 7) is 5.68. The highest BCUT2D eigenvalue weighted by atomic mass is 16.5. The fourth-order valence-corrected chi connectivity index (χ4v) is 3.98. The van der Waals surface area contributed by atoms with Crippen LogP contribution in [-0.4, -0.2) is 56.1 Å². The molecule has 0 saturated carbocycles. The van der Waals surface area contributed by atoms with Gasteiger partial charge < -0.3 is 9.51 Å². The van der Waals surface area contributed by atoms with Gasteiger partial charge in [0.05, 0.1) is 6.54 Å². The number of nitrogens with zero attached hydrogens (tertiary/aromatic N) is 5. The minimum atomic E-state index is 0.584. The summed E-state index contributed by atoms with van der Waals surface area (Å²) in [7, 11) is 0. The smallest absolute Gasteiger partial charge is 0.257 e. The van der Waals surface area contributed by atoms with E-state index in [1.165, 1.54) is 0 Å². The average Bonchev–Trinajstić information content (AvgIpc) is 3.42. The van der Waals surface area contributed by atoms with E-state index in [9.17, 15) is 0 Å². The van der Waals surface area contributed by atoms with E-state index in [-0.39, 0.29) is 0 Å². The van der Waals surface area contributed by atoms with Crippen molar-refractivity contribution in [3.8, 4) is 22.8 Å². The largest absolute Gasteiger partial charge is 0.341 e. The molecule has 5 rings (SSSR count). The fraction of sp³-hybridized carbons (Fsp3) is 0.292. The maximum atomic E-state index is 5.45. The minimum absolute atomic E-state index is 0.584. The van der Waals surface area contributed by atoms with Crippen molar-refractivity contribution in [3.05, 3.63) is 78.4 Å². The first kappa shape index (κ1) is 19.7. The monoisotopic (exact) mass is 414 g/mol. The summed E-state index contributed by atoms with van der Waals surface area (Å²) in [5.74, 6) is 2.26. The molecule has 1 aliphatic heterocycles. The van der Waals surface area contributed by atoms with Gasteiger partial charge in [-0.15, -0.1) is 0 Å². The maximum Gasteiger partial charge on any atom is 0.257 e. The normalized spacial score (nSPS) is 15.7. The van der Waals surface area contributed by atoms with E-state index in [4.69, 9.17) is 4.52 Å². The van der Waals surface area contributed by atoms with Gasteiger partial charge in [-0.25, -0.2) is 4.98 Å². The van der Waals surface area contributed by atoms with Crippen molar-refractivity contribution in [2.45, 2.75) is 19.5 Å². The van der Waals surface area contributed by atoms with Gasteiger partial charge in [-0.2, -0.15) is 4.98 Å². The average molecular weight is 415 g/mol. The van der Waals surface area contributed by atoms with Gasteiger partial charge in [0, 0.05) is 42.7 Å². The van der Waals surface area contributed by atoms with Gasteiger partial charge in [-0.1, -0.05) is 53.7 Å². The molecule has 1 aliphatic rings.